The molecule has 128 valence electrons. The van der Waals surface area contributed by atoms with Crippen LogP contribution < -0.4 is 0 Å². The molecule has 0 spiro atoms. The van der Waals surface area contributed by atoms with E-state index in [2.05, 4.69) is 4.98 Å². The minimum Gasteiger partial charge on any atom is -0.457 e. The van der Waals surface area contributed by atoms with E-state index >= 15 is 0 Å². The second-order valence-corrected chi connectivity index (χ2v) is 6.15. The molecule has 1 heterocycles. The van der Waals surface area contributed by atoms with Gasteiger partial charge >= 0.3 is 5.97 Å². The van der Waals surface area contributed by atoms with Crippen molar-refractivity contribution in [3.8, 4) is 0 Å². The van der Waals surface area contributed by atoms with Crippen molar-refractivity contribution in [3.63, 3.8) is 0 Å². The molecule has 0 unspecified atom stereocenters. The molecular weight excluding hydrogens is 326 g/mol. The normalized spacial score (nSPS) is 10.9. The predicted octanol–water partition coefficient (Wildman–Crippen LogP) is 4.29. The van der Waals surface area contributed by atoms with Crippen LogP contribution in [0.5, 0.6) is 0 Å². The lowest BCUT2D eigenvalue weighted by molar-refractivity contribution is -0.141. The molecule has 0 radical (unpaired) electrons. The second-order valence-electron chi connectivity index (χ2n) is 6.15. The highest BCUT2D eigenvalue weighted by molar-refractivity contribution is 6.08. The number of benzene rings is 3. The van der Waals surface area contributed by atoms with Crippen LogP contribution in [0.4, 0.5) is 0 Å². The van der Waals surface area contributed by atoms with Crippen molar-refractivity contribution < 1.29 is 14.3 Å². The number of Topliss-reactive ketones (excluding diaryl/α,β-unsaturated/α-hetero) is 1. The van der Waals surface area contributed by atoms with Crippen LogP contribution in [0.1, 0.15) is 15.9 Å². The lowest BCUT2D eigenvalue weighted by Gasteiger charge is -2.07. The smallest absolute Gasteiger partial charge is 0.310 e. The Morgan fingerprint density at radius 2 is 1.58 bits per heavy atom. The first-order valence-electron chi connectivity index (χ1n) is 8.44. The summed E-state index contributed by atoms with van der Waals surface area (Å²) in [6.07, 6.45) is 1.80. The van der Waals surface area contributed by atoms with E-state index in [0.29, 0.717) is 5.56 Å². The zero-order chi connectivity index (χ0) is 17.9. The zero-order valence-corrected chi connectivity index (χ0v) is 14.1. The van der Waals surface area contributed by atoms with E-state index in [1.54, 1.807) is 6.20 Å². The van der Waals surface area contributed by atoms with Crippen LogP contribution in [0.3, 0.4) is 0 Å². The van der Waals surface area contributed by atoms with Gasteiger partial charge in [-0.3, -0.25) is 9.59 Å². The first-order valence-corrected chi connectivity index (χ1v) is 8.44. The van der Waals surface area contributed by atoms with Gasteiger partial charge in [0, 0.05) is 22.7 Å². The van der Waals surface area contributed by atoms with Gasteiger partial charge in [0.25, 0.3) is 0 Å². The lowest BCUT2D eigenvalue weighted by Crippen LogP contribution is -2.15. The van der Waals surface area contributed by atoms with E-state index in [0.717, 1.165) is 27.2 Å². The summed E-state index contributed by atoms with van der Waals surface area (Å²) in [5.41, 5.74) is 2.32. The average molecular weight is 343 g/mol. The Hall–Kier alpha value is -3.40. The number of aromatic nitrogens is 1. The Morgan fingerprint density at radius 1 is 0.846 bits per heavy atom. The fourth-order valence-electron chi connectivity index (χ4n) is 3.18. The van der Waals surface area contributed by atoms with E-state index < -0.39 is 5.97 Å². The van der Waals surface area contributed by atoms with Crippen LogP contribution in [0.2, 0.25) is 0 Å². The molecule has 0 aliphatic rings. The van der Waals surface area contributed by atoms with Gasteiger partial charge < -0.3 is 9.72 Å². The monoisotopic (exact) mass is 343 g/mol. The number of aromatic amines is 1. The van der Waals surface area contributed by atoms with Crippen molar-refractivity contribution in [1.82, 2.24) is 4.98 Å². The standard InChI is InChI=1S/C22H17NO3/c24-21(19-13-23-20-11-4-3-10-18(19)20)14-26-22(25)12-16-8-5-7-15-6-1-2-9-17(15)16/h1-11,13,23H,12,14H2. The van der Waals surface area contributed by atoms with Gasteiger partial charge in [0.2, 0.25) is 5.78 Å². The number of H-pyrrole nitrogens is 1. The highest BCUT2D eigenvalue weighted by atomic mass is 16.5. The summed E-state index contributed by atoms with van der Waals surface area (Å²) in [6, 6.07) is 21.3. The number of carbonyl (C=O) groups is 2. The van der Waals surface area contributed by atoms with Crippen LogP contribution in [-0.2, 0) is 16.0 Å². The molecule has 3 aromatic carbocycles. The van der Waals surface area contributed by atoms with E-state index in [-0.39, 0.29) is 18.8 Å². The van der Waals surface area contributed by atoms with Crippen LogP contribution >= 0.6 is 0 Å². The molecular formula is C22H17NO3. The zero-order valence-electron chi connectivity index (χ0n) is 14.1. The van der Waals surface area contributed by atoms with Gasteiger partial charge in [-0.15, -0.1) is 0 Å². The largest absolute Gasteiger partial charge is 0.457 e. The van der Waals surface area contributed by atoms with Gasteiger partial charge in [-0.25, -0.2) is 0 Å². The second kappa shape index (κ2) is 6.84. The predicted molar refractivity (Wildman–Crippen MR) is 101 cm³/mol. The molecule has 0 aliphatic carbocycles. The molecule has 0 atom stereocenters. The van der Waals surface area contributed by atoms with Gasteiger partial charge in [0.15, 0.2) is 6.61 Å². The molecule has 0 fully saturated rings. The maximum absolute atomic E-state index is 12.4. The Balaban J connectivity index is 1.44. The van der Waals surface area contributed by atoms with Crippen LogP contribution in [0, 0.1) is 0 Å². The molecule has 4 aromatic rings. The molecule has 4 heteroatoms. The van der Waals surface area contributed by atoms with E-state index in [4.69, 9.17) is 4.74 Å². The van der Waals surface area contributed by atoms with Crippen molar-refractivity contribution in [2.45, 2.75) is 6.42 Å². The first-order chi connectivity index (χ1) is 12.7. The molecule has 0 bridgehead atoms. The quantitative estimate of drug-likeness (QED) is 0.434. The third-order valence-corrected chi connectivity index (χ3v) is 4.47. The van der Waals surface area contributed by atoms with Crippen molar-refractivity contribution in [3.05, 3.63) is 84.1 Å². The summed E-state index contributed by atoms with van der Waals surface area (Å²) in [5.74, 6) is -0.622. The summed E-state index contributed by atoms with van der Waals surface area (Å²) in [5, 5.41) is 2.94. The number of hydrogen-bond donors (Lipinski definition) is 1. The topological polar surface area (TPSA) is 59.2 Å². The molecule has 0 saturated heterocycles. The van der Waals surface area contributed by atoms with Gasteiger partial charge in [-0.2, -0.15) is 0 Å². The molecule has 26 heavy (non-hydrogen) atoms. The minimum atomic E-state index is -0.408. The third-order valence-electron chi connectivity index (χ3n) is 4.47. The highest BCUT2D eigenvalue weighted by Gasteiger charge is 2.15. The van der Waals surface area contributed by atoms with E-state index in [1.165, 1.54) is 0 Å². The number of carbonyl (C=O) groups excluding carboxylic acids is 2. The summed E-state index contributed by atoms with van der Waals surface area (Å²) < 4.78 is 5.23. The molecule has 1 aromatic heterocycles. The number of rotatable bonds is 5. The van der Waals surface area contributed by atoms with Crippen molar-refractivity contribution >= 4 is 33.4 Å². The molecule has 0 amide bonds. The molecule has 0 saturated carbocycles. The average Bonchev–Trinajstić information content (AvgIpc) is 3.11. The Kier molecular flexibility index (Phi) is 4.23. The van der Waals surface area contributed by atoms with Crippen LogP contribution in [-0.4, -0.2) is 23.3 Å². The molecule has 4 rings (SSSR count). The van der Waals surface area contributed by atoms with Gasteiger partial charge in [-0.1, -0.05) is 60.7 Å². The lowest BCUT2D eigenvalue weighted by atomic mass is 10.0. The molecule has 0 aliphatic heterocycles. The molecule has 4 nitrogen and oxygen atoms in total. The van der Waals surface area contributed by atoms with Crippen molar-refractivity contribution in [2.24, 2.45) is 0 Å². The minimum absolute atomic E-state index is 0.141. The number of ketones is 1. The van der Waals surface area contributed by atoms with Crippen LogP contribution in [0.25, 0.3) is 21.7 Å². The number of para-hydroxylation sites is 1. The van der Waals surface area contributed by atoms with Crippen molar-refractivity contribution in [1.29, 1.82) is 0 Å². The highest BCUT2D eigenvalue weighted by Crippen LogP contribution is 2.20. The third kappa shape index (κ3) is 3.09. The SMILES string of the molecule is O=C(Cc1cccc2ccccc12)OCC(=O)c1c[nH]c2ccccc12. The fraction of sp³-hybridized carbons (Fsp3) is 0.0909. The van der Waals surface area contributed by atoms with Gasteiger partial charge in [0.05, 0.1) is 6.42 Å². The molecule has 1 N–H and O–H groups in total. The Morgan fingerprint density at radius 3 is 2.46 bits per heavy atom. The number of ether oxygens (including phenoxy) is 1. The number of fused-ring (bicyclic) bond motifs is 2. The van der Waals surface area contributed by atoms with E-state index in [9.17, 15) is 9.59 Å². The summed E-state index contributed by atoms with van der Waals surface area (Å²) in [7, 11) is 0. The van der Waals surface area contributed by atoms with Gasteiger partial charge in [-0.05, 0) is 22.4 Å². The number of nitrogens with one attached hydrogen (secondary N) is 1. The Bertz CT molecular complexity index is 1110. The van der Waals surface area contributed by atoms with Gasteiger partial charge in [0.1, 0.15) is 0 Å². The summed E-state index contributed by atoms with van der Waals surface area (Å²) in [4.78, 5) is 27.7. The van der Waals surface area contributed by atoms with Crippen molar-refractivity contribution in [2.75, 3.05) is 6.61 Å². The number of esters is 1. The summed E-state index contributed by atoms with van der Waals surface area (Å²) in [6.45, 7) is -0.258. The Labute approximate surface area is 150 Å². The van der Waals surface area contributed by atoms with E-state index in [1.807, 2.05) is 66.7 Å². The maximum Gasteiger partial charge on any atom is 0.310 e. The maximum atomic E-state index is 12.4. The summed E-state index contributed by atoms with van der Waals surface area (Å²) >= 11 is 0. The fourth-order valence-corrected chi connectivity index (χ4v) is 3.18. The first kappa shape index (κ1) is 16.1. The van der Waals surface area contributed by atoms with Crippen LogP contribution in [0.15, 0.2) is 72.9 Å². The number of hydrogen-bond acceptors (Lipinski definition) is 3.